The van der Waals surface area contributed by atoms with E-state index in [1.54, 1.807) is 25.3 Å². The van der Waals surface area contributed by atoms with Gasteiger partial charge in [-0.05, 0) is 25.0 Å². The van der Waals surface area contributed by atoms with Crippen molar-refractivity contribution in [1.29, 1.82) is 0 Å². The van der Waals surface area contributed by atoms with Gasteiger partial charge in [-0.15, -0.1) is 0 Å². The van der Waals surface area contributed by atoms with Crippen molar-refractivity contribution in [2.75, 3.05) is 25.2 Å². The minimum Gasteiger partial charge on any atom is -0.477 e. The van der Waals surface area contributed by atoms with Gasteiger partial charge in [0, 0.05) is 31.5 Å². The van der Waals surface area contributed by atoms with E-state index in [9.17, 15) is 14.7 Å². The highest BCUT2D eigenvalue weighted by Crippen LogP contribution is 2.31. The molecule has 3 aromatic rings. The Morgan fingerprint density at radius 1 is 1.44 bits per heavy atom. The van der Waals surface area contributed by atoms with Gasteiger partial charge in [0.15, 0.2) is 11.0 Å². The molecule has 2 N–H and O–H groups in total. The second kappa shape index (κ2) is 6.88. The number of carboxylic acid groups (broad SMARTS) is 1. The summed E-state index contributed by atoms with van der Waals surface area (Å²) in [5, 5.41) is 9.37. The van der Waals surface area contributed by atoms with Crippen molar-refractivity contribution in [2.24, 2.45) is 0 Å². The fourth-order valence-corrected chi connectivity index (χ4v) is 3.56. The number of hydrogen-bond donors (Lipinski definition) is 2. The molecule has 1 aliphatic heterocycles. The Morgan fingerprint density at radius 3 is 3.07 bits per heavy atom. The molecule has 1 aromatic carbocycles. The van der Waals surface area contributed by atoms with Crippen molar-refractivity contribution in [2.45, 2.75) is 18.9 Å². The quantitative estimate of drug-likeness (QED) is 0.711. The van der Waals surface area contributed by atoms with Crippen LogP contribution in [0.1, 0.15) is 23.2 Å². The first-order valence-electron chi connectivity index (χ1n) is 8.70. The molecule has 3 heterocycles. The number of nitrogens with zero attached hydrogens (tertiary/aromatic N) is 2. The molecule has 8 heteroatoms. The monoisotopic (exact) mass is 369 g/mol. The summed E-state index contributed by atoms with van der Waals surface area (Å²) >= 11 is 0. The number of oxazole rings is 1. The van der Waals surface area contributed by atoms with Crippen LogP contribution in [0.4, 0.5) is 6.01 Å². The molecule has 0 saturated carbocycles. The van der Waals surface area contributed by atoms with Crippen LogP contribution in [-0.4, -0.2) is 47.3 Å². The number of fused-ring (bicyclic) bond motifs is 1. The zero-order valence-corrected chi connectivity index (χ0v) is 14.8. The van der Waals surface area contributed by atoms with Crippen LogP contribution in [-0.2, 0) is 4.74 Å². The molecular formula is C19H19N3O5. The number of rotatable bonds is 5. The Bertz CT molecular complexity index is 1050. The number of aromatic nitrogens is 2. The van der Waals surface area contributed by atoms with Crippen molar-refractivity contribution in [1.82, 2.24) is 9.97 Å². The highest BCUT2D eigenvalue weighted by Gasteiger charge is 2.28. The lowest BCUT2D eigenvalue weighted by Gasteiger charge is -2.21. The van der Waals surface area contributed by atoms with Gasteiger partial charge in [0.25, 0.3) is 6.01 Å². The molecule has 27 heavy (non-hydrogen) atoms. The number of hydrogen-bond acceptors (Lipinski definition) is 6. The fraction of sp³-hybridized carbons (Fsp3) is 0.316. The van der Waals surface area contributed by atoms with E-state index >= 15 is 0 Å². The maximum atomic E-state index is 11.9. The number of ether oxygens (including phenoxy) is 1. The predicted octanol–water partition coefficient (Wildman–Crippen LogP) is 2.50. The third-order valence-corrected chi connectivity index (χ3v) is 4.82. The molecular weight excluding hydrogens is 350 g/mol. The summed E-state index contributed by atoms with van der Waals surface area (Å²) in [6.07, 6.45) is 3.50. The van der Waals surface area contributed by atoms with Gasteiger partial charge in [-0.25, -0.2) is 4.79 Å². The van der Waals surface area contributed by atoms with Crippen molar-refractivity contribution in [3.63, 3.8) is 0 Å². The average molecular weight is 369 g/mol. The van der Waals surface area contributed by atoms with Crippen molar-refractivity contribution in [3.05, 3.63) is 46.2 Å². The molecule has 8 nitrogen and oxygen atoms in total. The lowest BCUT2D eigenvalue weighted by molar-refractivity contribution is 0.0696. The molecule has 0 spiro atoms. The second-order valence-corrected chi connectivity index (χ2v) is 6.52. The first kappa shape index (κ1) is 17.3. The molecule has 0 aliphatic carbocycles. The largest absolute Gasteiger partial charge is 0.477 e. The number of pyridine rings is 1. The first-order chi connectivity index (χ1) is 13.1. The van der Waals surface area contributed by atoms with Gasteiger partial charge in [0.05, 0.1) is 18.3 Å². The Labute approximate surface area is 154 Å². The van der Waals surface area contributed by atoms with E-state index < -0.39 is 11.4 Å². The van der Waals surface area contributed by atoms with E-state index in [4.69, 9.17) is 9.15 Å². The number of aromatic carboxylic acids is 1. The maximum Gasteiger partial charge on any atom is 0.341 e. The highest BCUT2D eigenvalue weighted by molar-refractivity contribution is 5.95. The smallest absolute Gasteiger partial charge is 0.341 e. The number of carboxylic acids is 1. The Balaban J connectivity index is 1.75. The van der Waals surface area contributed by atoms with Crippen LogP contribution in [0.5, 0.6) is 0 Å². The summed E-state index contributed by atoms with van der Waals surface area (Å²) in [4.78, 5) is 32.9. The Kier molecular flexibility index (Phi) is 4.41. The van der Waals surface area contributed by atoms with Crippen LogP contribution >= 0.6 is 0 Å². The van der Waals surface area contributed by atoms with E-state index in [2.05, 4.69) is 14.9 Å². The van der Waals surface area contributed by atoms with Crippen molar-refractivity contribution in [3.8, 4) is 11.3 Å². The van der Waals surface area contributed by atoms with Crippen molar-refractivity contribution < 1.29 is 19.1 Å². The molecule has 2 aromatic heterocycles. The molecule has 1 fully saturated rings. The van der Waals surface area contributed by atoms with Gasteiger partial charge in [0.1, 0.15) is 11.1 Å². The Morgan fingerprint density at radius 2 is 2.30 bits per heavy atom. The summed E-state index contributed by atoms with van der Waals surface area (Å²) in [6.45, 7) is 1.46. The number of carbonyl (C=O) groups is 1. The summed E-state index contributed by atoms with van der Waals surface area (Å²) in [5.74, 6) is -1.27. The van der Waals surface area contributed by atoms with Crippen LogP contribution in [0.25, 0.3) is 22.4 Å². The molecule has 1 aliphatic rings. The molecule has 0 bridgehead atoms. The van der Waals surface area contributed by atoms with E-state index in [0.29, 0.717) is 29.3 Å². The minimum absolute atomic E-state index is 0.228. The number of methoxy groups -OCH3 is 1. The number of anilines is 1. The second-order valence-electron chi connectivity index (χ2n) is 6.52. The number of H-pyrrole nitrogens is 1. The van der Waals surface area contributed by atoms with Gasteiger partial charge >= 0.3 is 5.97 Å². The number of aromatic amines is 1. The lowest BCUT2D eigenvalue weighted by atomic mass is 10.1. The summed E-state index contributed by atoms with van der Waals surface area (Å²) in [5.41, 5.74) is 1.16. The normalized spacial score (nSPS) is 16.9. The topological polar surface area (TPSA) is 109 Å². The minimum atomic E-state index is -1.27. The molecule has 0 unspecified atom stereocenters. The molecule has 140 valence electrons. The van der Waals surface area contributed by atoms with Gasteiger partial charge in [-0.1, -0.05) is 6.07 Å². The van der Waals surface area contributed by atoms with E-state index in [0.717, 1.165) is 19.4 Å². The first-order valence-corrected chi connectivity index (χ1v) is 8.70. The Hall–Kier alpha value is -3.13. The van der Waals surface area contributed by atoms with Crippen LogP contribution in [0.3, 0.4) is 0 Å². The van der Waals surface area contributed by atoms with Crippen molar-refractivity contribution >= 4 is 23.1 Å². The summed E-state index contributed by atoms with van der Waals surface area (Å²) in [6, 6.07) is 7.14. The summed E-state index contributed by atoms with van der Waals surface area (Å²) in [7, 11) is 1.68. The van der Waals surface area contributed by atoms with Gasteiger partial charge in [-0.2, -0.15) is 4.98 Å². The number of benzene rings is 1. The summed E-state index contributed by atoms with van der Waals surface area (Å²) < 4.78 is 11.2. The zero-order chi connectivity index (χ0) is 19.0. The molecule has 4 rings (SSSR count). The zero-order valence-electron chi connectivity index (χ0n) is 14.8. The third-order valence-electron chi connectivity index (χ3n) is 4.82. The molecule has 1 saturated heterocycles. The SMILES string of the molecule is COC[C@H]1CCCN1c1nc2ccc(-c3[nH]ccc(=O)c3C(=O)O)cc2o1. The third kappa shape index (κ3) is 3.08. The van der Waals surface area contributed by atoms with Crippen LogP contribution in [0.2, 0.25) is 0 Å². The molecule has 0 amide bonds. The average Bonchev–Trinajstić information content (AvgIpc) is 3.27. The van der Waals surface area contributed by atoms with Crippen LogP contribution in [0.15, 0.2) is 39.7 Å². The molecule has 1 atom stereocenters. The van der Waals surface area contributed by atoms with E-state index in [-0.39, 0.29) is 17.3 Å². The molecule has 0 radical (unpaired) electrons. The van der Waals surface area contributed by atoms with Crippen LogP contribution in [0, 0.1) is 0 Å². The van der Waals surface area contributed by atoms with E-state index in [1.807, 2.05) is 0 Å². The highest BCUT2D eigenvalue weighted by atomic mass is 16.5. The van der Waals surface area contributed by atoms with Gasteiger partial charge in [0.2, 0.25) is 0 Å². The van der Waals surface area contributed by atoms with Crippen LogP contribution < -0.4 is 10.3 Å². The number of nitrogens with one attached hydrogen (secondary N) is 1. The lowest BCUT2D eigenvalue weighted by Crippen LogP contribution is -2.32. The maximum absolute atomic E-state index is 11.9. The standard InChI is InChI=1S/C19H19N3O5/c1-26-10-12-3-2-8-22(12)19-21-13-5-4-11(9-15(13)27-19)17-16(18(24)25)14(23)6-7-20-17/h4-7,9,12H,2-3,8,10H2,1H3,(H,20,23)(H,24,25)/t12-/m1/s1. The van der Waals surface area contributed by atoms with E-state index in [1.165, 1.54) is 12.3 Å². The fourth-order valence-electron chi connectivity index (χ4n) is 3.56. The predicted molar refractivity (Wildman–Crippen MR) is 99.3 cm³/mol. The van der Waals surface area contributed by atoms with Gasteiger partial charge in [-0.3, -0.25) is 4.79 Å². The van der Waals surface area contributed by atoms with Gasteiger partial charge < -0.3 is 24.1 Å².